The number of rotatable bonds is 7. The summed E-state index contributed by atoms with van der Waals surface area (Å²) in [5.74, 6) is 1.45. The molecule has 0 saturated heterocycles. The van der Waals surface area contributed by atoms with E-state index in [9.17, 15) is 0 Å². The molecule has 118 valence electrons. The predicted octanol–water partition coefficient (Wildman–Crippen LogP) is 2.67. The summed E-state index contributed by atoms with van der Waals surface area (Å²) in [6.07, 6.45) is 7.32. The van der Waals surface area contributed by atoms with E-state index in [0.717, 1.165) is 24.6 Å². The molecule has 1 heterocycles. The van der Waals surface area contributed by atoms with Crippen LogP contribution in [-0.2, 0) is 0 Å². The summed E-state index contributed by atoms with van der Waals surface area (Å²) in [4.78, 5) is 11.5. The number of nitrogens with two attached hydrogens (primary N) is 1. The molecule has 0 aromatic carbocycles. The number of ether oxygens (including phenoxy) is 1. The zero-order valence-electron chi connectivity index (χ0n) is 13.3. The lowest BCUT2D eigenvalue weighted by Crippen LogP contribution is -2.41. The van der Waals surface area contributed by atoms with Gasteiger partial charge in [-0.15, -0.1) is 0 Å². The standard InChI is InChI=1S/C16H28N4O/c1-3-11-21-15-12-13(2)18-16(19-15)20(10-9-17)14-7-5-4-6-8-14/h12,14H,3-11,17H2,1-2H3. The molecule has 1 fully saturated rings. The molecule has 0 radical (unpaired) electrons. The molecule has 0 amide bonds. The van der Waals surface area contributed by atoms with Crippen LogP contribution in [0.5, 0.6) is 5.88 Å². The van der Waals surface area contributed by atoms with Gasteiger partial charge in [-0.25, -0.2) is 4.98 Å². The Morgan fingerprint density at radius 2 is 2.05 bits per heavy atom. The van der Waals surface area contributed by atoms with Crippen molar-refractivity contribution in [1.29, 1.82) is 0 Å². The zero-order valence-corrected chi connectivity index (χ0v) is 13.3. The van der Waals surface area contributed by atoms with Crippen molar-refractivity contribution < 1.29 is 4.74 Å². The van der Waals surface area contributed by atoms with E-state index in [1.165, 1.54) is 32.1 Å². The average Bonchev–Trinajstić information content (AvgIpc) is 2.51. The second kappa shape index (κ2) is 8.17. The van der Waals surface area contributed by atoms with E-state index in [0.29, 0.717) is 25.1 Å². The maximum atomic E-state index is 5.80. The van der Waals surface area contributed by atoms with Crippen molar-refractivity contribution in [1.82, 2.24) is 9.97 Å². The molecular formula is C16H28N4O. The number of nitrogens with zero attached hydrogens (tertiary/aromatic N) is 3. The SMILES string of the molecule is CCCOc1cc(C)nc(N(CCN)C2CCCCC2)n1. The molecule has 1 aliphatic carbocycles. The zero-order chi connectivity index (χ0) is 15.1. The minimum absolute atomic E-state index is 0.517. The molecule has 0 aliphatic heterocycles. The summed E-state index contributed by atoms with van der Waals surface area (Å²) >= 11 is 0. The lowest BCUT2D eigenvalue weighted by atomic mass is 9.94. The van der Waals surface area contributed by atoms with Gasteiger partial charge in [0.25, 0.3) is 0 Å². The first-order chi connectivity index (χ1) is 10.2. The van der Waals surface area contributed by atoms with Gasteiger partial charge < -0.3 is 15.4 Å². The molecule has 0 spiro atoms. The highest BCUT2D eigenvalue weighted by molar-refractivity contribution is 5.36. The van der Waals surface area contributed by atoms with Gasteiger partial charge in [0.1, 0.15) is 0 Å². The first-order valence-corrected chi connectivity index (χ1v) is 8.19. The highest BCUT2D eigenvalue weighted by Crippen LogP contribution is 2.26. The van der Waals surface area contributed by atoms with Crippen molar-refractivity contribution in [2.45, 2.75) is 58.4 Å². The fraction of sp³-hybridized carbons (Fsp3) is 0.750. The molecule has 1 saturated carbocycles. The van der Waals surface area contributed by atoms with Crippen molar-refractivity contribution in [2.75, 3.05) is 24.6 Å². The average molecular weight is 292 g/mol. The van der Waals surface area contributed by atoms with Gasteiger partial charge in [0.2, 0.25) is 11.8 Å². The Kier molecular flexibility index (Phi) is 6.23. The van der Waals surface area contributed by atoms with Crippen molar-refractivity contribution in [3.05, 3.63) is 11.8 Å². The second-order valence-electron chi connectivity index (χ2n) is 5.77. The summed E-state index contributed by atoms with van der Waals surface area (Å²) in [6.45, 7) is 6.21. The van der Waals surface area contributed by atoms with Crippen LogP contribution in [0, 0.1) is 6.92 Å². The largest absolute Gasteiger partial charge is 0.478 e. The Hall–Kier alpha value is -1.36. The molecule has 0 bridgehead atoms. The van der Waals surface area contributed by atoms with Gasteiger partial charge in [-0.3, -0.25) is 0 Å². The number of hydrogen-bond donors (Lipinski definition) is 1. The number of aryl methyl sites for hydroxylation is 1. The molecule has 2 rings (SSSR count). The lowest BCUT2D eigenvalue weighted by Gasteiger charge is -2.34. The number of aromatic nitrogens is 2. The summed E-state index contributed by atoms with van der Waals surface area (Å²) < 4.78 is 5.68. The maximum absolute atomic E-state index is 5.80. The smallest absolute Gasteiger partial charge is 0.229 e. The highest BCUT2D eigenvalue weighted by Gasteiger charge is 2.23. The van der Waals surface area contributed by atoms with Crippen molar-refractivity contribution in [3.8, 4) is 5.88 Å². The second-order valence-corrected chi connectivity index (χ2v) is 5.77. The van der Waals surface area contributed by atoms with E-state index in [-0.39, 0.29) is 0 Å². The Morgan fingerprint density at radius 3 is 2.71 bits per heavy atom. The van der Waals surface area contributed by atoms with E-state index in [2.05, 4.69) is 21.8 Å². The van der Waals surface area contributed by atoms with Crippen LogP contribution in [0.1, 0.15) is 51.1 Å². The van der Waals surface area contributed by atoms with E-state index in [4.69, 9.17) is 10.5 Å². The van der Waals surface area contributed by atoms with Crippen LogP contribution in [0.25, 0.3) is 0 Å². The Balaban J connectivity index is 2.19. The van der Waals surface area contributed by atoms with Gasteiger partial charge in [0, 0.05) is 30.9 Å². The fourth-order valence-corrected chi connectivity index (χ4v) is 2.91. The summed E-state index contributed by atoms with van der Waals surface area (Å²) in [7, 11) is 0. The minimum atomic E-state index is 0.517. The van der Waals surface area contributed by atoms with Crippen LogP contribution in [0.2, 0.25) is 0 Å². The number of hydrogen-bond acceptors (Lipinski definition) is 5. The minimum Gasteiger partial charge on any atom is -0.478 e. The summed E-state index contributed by atoms with van der Waals surface area (Å²) in [6, 6.07) is 2.42. The molecular weight excluding hydrogens is 264 g/mol. The summed E-state index contributed by atoms with van der Waals surface area (Å²) in [5, 5.41) is 0. The van der Waals surface area contributed by atoms with Crippen LogP contribution in [-0.4, -0.2) is 35.7 Å². The van der Waals surface area contributed by atoms with Crippen molar-refractivity contribution in [2.24, 2.45) is 5.73 Å². The Bertz CT molecular complexity index is 432. The molecule has 5 heteroatoms. The van der Waals surface area contributed by atoms with Gasteiger partial charge in [0.15, 0.2) is 0 Å². The van der Waals surface area contributed by atoms with E-state index >= 15 is 0 Å². The van der Waals surface area contributed by atoms with Gasteiger partial charge in [-0.1, -0.05) is 26.2 Å². The molecule has 2 N–H and O–H groups in total. The third-order valence-corrected chi connectivity index (χ3v) is 3.92. The van der Waals surface area contributed by atoms with Gasteiger partial charge in [0.05, 0.1) is 6.61 Å². The topological polar surface area (TPSA) is 64.3 Å². The van der Waals surface area contributed by atoms with Crippen LogP contribution in [0.4, 0.5) is 5.95 Å². The van der Waals surface area contributed by atoms with E-state index in [1.54, 1.807) is 0 Å². The number of anilines is 1. The maximum Gasteiger partial charge on any atom is 0.229 e. The van der Waals surface area contributed by atoms with Crippen molar-refractivity contribution in [3.63, 3.8) is 0 Å². The predicted molar refractivity (Wildman–Crippen MR) is 85.8 cm³/mol. The lowest BCUT2D eigenvalue weighted by molar-refractivity contribution is 0.303. The quantitative estimate of drug-likeness (QED) is 0.837. The van der Waals surface area contributed by atoms with Gasteiger partial charge in [-0.2, -0.15) is 4.98 Å². The molecule has 1 aromatic heterocycles. The third-order valence-electron chi connectivity index (χ3n) is 3.92. The monoisotopic (exact) mass is 292 g/mol. The first kappa shape index (κ1) is 16.0. The van der Waals surface area contributed by atoms with Crippen molar-refractivity contribution >= 4 is 5.95 Å². The molecule has 21 heavy (non-hydrogen) atoms. The molecule has 1 aromatic rings. The van der Waals surface area contributed by atoms with Crippen LogP contribution in [0.15, 0.2) is 6.07 Å². The Morgan fingerprint density at radius 1 is 1.29 bits per heavy atom. The van der Waals surface area contributed by atoms with E-state index in [1.807, 2.05) is 13.0 Å². The van der Waals surface area contributed by atoms with Crippen LogP contribution in [0.3, 0.4) is 0 Å². The molecule has 0 unspecified atom stereocenters. The first-order valence-electron chi connectivity index (χ1n) is 8.19. The third kappa shape index (κ3) is 4.56. The highest BCUT2D eigenvalue weighted by atomic mass is 16.5. The normalized spacial score (nSPS) is 16.0. The Labute approximate surface area is 127 Å². The van der Waals surface area contributed by atoms with E-state index < -0.39 is 0 Å². The van der Waals surface area contributed by atoms with Crippen LogP contribution < -0.4 is 15.4 Å². The summed E-state index contributed by atoms with van der Waals surface area (Å²) in [5.41, 5.74) is 6.75. The van der Waals surface area contributed by atoms with Gasteiger partial charge >= 0.3 is 0 Å². The molecule has 5 nitrogen and oxygen atoms in total. The fourth-order valence-electron chi connectivity index (χ4n) is 2.91. The van der Waals surface area contributed by atoms with Gasteiger partial charge in [-0.05, 0) is 26.2 Å². The van der Waals surface area contributed by atoms with Crippen LogP contribution >= 0.6 is 0 Å². The molecule has 0 atom stereocenters. The molecule has 1 aliphatic rings.